The van der Waals surface area contributed by atoms with Crippen LogP contribution in [0.5, 0.6) is 5.75 Å². The summed E-state index contributed by atoms with van der Waals surface area (Å²) in [6.45, 7) is -0.272. The van der Waals surface area contributed by atoms with E-state index in [-0.39, 0.29) is 18.6 Å². The maximum absolute atomic E-state index is 12.8. The number of nitrogens with two attached hydrogens (primary N) is 1. The molecule has 1 amide bonds. The van der Waals surface area contributed by atoms with Crippen molar-refractivity contribution in [2.45, 2.75) is 12.6 Å². The molecule has 0 unspecified atom stereocenters. The van der Waals surface area contributed by atoms with Crippen molar-refractivity contribution in [3.8, 4) is 5.75 Å². The number of amides is 1. The monoisotopic (exact) mass is 291 g/mol. The molecule has 0 heterocycles. The largest absolute Gasteiger partial charge is 0.492 e. The van der Waals surface area contributed by atoms with Gasteiger partial charge in [-0.3, -0.25) is 9.59 Å². The summed E-state index contributed by atoms with van der Waals surface area (Å²) in [6.07, 6.45) is -4.89. The highest BCUT2D eigenvalue weighted by Crippen LogP contribution is 2.36. The van der Waals surface area contributed by atoms with Crippen LogP contribution in [0.15, 0.2) is 18.2 Å². The Morgan fingerprint density at radius 1 is 1.30 bits per heavy atom. The predicted octanol–water partition coefficient (Wildman–Crippen LogP) is 1.75. The fourth-order valence-corrected chi connectivity index (χ4v) is 1.38. The van der Waals surface area contributed by atoms with E-state index in [0.29, 0.717) is 6.07 Å². The Bertz CT molecular complexity index is 514. The van der Waals surface area contributed by atoms with Gasteiger partial charge in [0.15, 0.2) is 0 Å². The molecule has 0 fully saturated rings. The number of hydrogen-bond donors (Lipinski definition) is 1. The van der Waals surface area contributed by atoms with Crippen LogP contribution in [-0.2, 0) is 15.7 Å². The van der Waals surface area contributed by atoms with Crippen LogP contribution in [0.1, 0.15) is 22.3 Å². The topological polar surface area (TPSA) is 78.6 Å². The Labute approximate surface area is 112 Å². The quantitative estimate of drug-likeness (QED) is 0.838. The molecular formula is C12H12F3NO4. The smallest absolute Gasteiger partial charge is 0.419 e. The van der Waals surface area contributed by atoms with Gasteiger partial charge in [-0.2, -0.15) is 13.2 Å². The summed E-state index contributed by atoms with van der Waals surface area (Å²) in [6, 6.07) is 2.71. The average Bonchev–Trinajstić information content (AvgIpc) is 2.37. The number of benzene rings is 1. The molecule has 0 radical (unpaired) electrons. The second-order valence-corrected chi connectivity index (χ2v) is 3.75. The van der Waals surface area contributed by atoms with Crippen LogP contribution < -0.4 is 10.5 Å². The van der Waals surface area contributed by atoms with Gasteiger partial charge in [0.25, 0.3) is 0 Å². The van der Waals surface area contributed by atoms with E-state index in [4.69, 9.17) is 10.5 Å². The van der Waals surface area contributed by atoms with Crippen molar-refractivity contribution in [2.24, 2.45) is 5.73 Å². The van der Waals surface area contributed by atoms with Crippen LogP contribution in [0.4, 0.5) is 13.2 Å². The third-order valence-electron chi connectivity index (χ3n) is 2.36. The molecule has 20 heavy (non-hydrogen) atoms. The van der Waals surface area contributed by atoms with E-state index in [1.807, 2.05) is 0 Å². The molecule has 0 aliphatic heterocycles. The lowest BCUT2D eigenvalue weighted by atomic mass is 10.1. The van der Waals surface area contributed by atoms with Gasteiger partial charge in [-0.15, -0.1) is 0 Å². The predicted molar refractivity (Wildman–Crippen MR) is 62.1 cm³/mol. The second-order valence-electron chi connectivity index (χ2n) is 3.75. The zero-order valence-electron chi connectivity index (χ0n) is 10.5. The molecule has 8 heteroatoms. The van der Waals surface area contributed by atoms with Gasteiger partial charge in [-0.1, -0.05) is 0 Å². The maximum Gasteiger partial charge on any atom is 0.419 e. The van der Waals surface area contributed by atoms with Gasteiger partial charge in [0, 0.05) is 5.56 Å². The van der Waals surface area contributed by atoms with E-state index in [0.717, 1.165) is 19.2 Å². The molecule has 0 saturated heterocycles. The molecule has 0 spiro atoms. The summed E-state index contributed by atoms with van der Waals surface area (Å²) in [7, 11) is 1.16. The lowest BCUT2D eigenvalue weighted by molar-refractivity contribution is -0.141. The first-order valence-electron chi connectivity index (χ1n) is 5.46. The van der Waals surface area contributed by atoms with E-state index in [1.54, 1.807) is 0 Å². The SMILES string of the molecule is COC(=O)CCOc1ccc(C(N)=O)cc1C(F)(F)F. The van der Waals surface area contributed by atoms with Crippen LogP contribution in [0.25, 0.3) is 0 Å². The van der Waals surface area contributed by atoms with Crippen molar-refractivity contribution >= 4 is 11.9 Å². The minimum atomic E-state index is -4.70. The third-order valence-corrected chi connectivity index (χ3v) is 2.36. The summed E-state index contributed by atoms with van der Waals surface area (Å²) >= 11 is 0. The van der Waals surface area contributed by atoms with Gasteiger partial charge < -0.3 is 15.2 Å². The van der Waals surface area contributed by atoms with Gasteiger partial charge in [0.05, 0.1) is 25.7 Å². The number of esters is 1. The minimum Gasteiger partial charge on any atom is -0.492 e. The second kappa shape index (κ2) is 6.27. The number of alkyl halides is 3. The van der Waals surface area contributed by atoms with Crippen molar-refractivity contribution in [1.29, 1.82) is 0 Å². The van der Waals surface area contributed by atoms with E-state index in [1.165, 1.54) is 0 Å². The summed E-state index contributed by atoms with van der Waals surface area (Å²) in [5.74, 6) is -2.06. The highest BCUT2D eigenvalue weighted by Gasteiger charge is 2.35. The first kappa shape index (κ1) is 15.8. The zero-order valence-corrected chi connectivity index (χ0v) is 10.5. The Hall–Kier alpha value is -2.25. The molecule has 0 aliphatic rings. The number of hydrogen-bond acceptors (Lipinski definition) is 4. The van der Waals surface area contributed by atoms with E-state index >= 15 is 0 Å². The van der Waals surface area contributed by atoms with E-state index in [2.05, 4.69) is 4.74 Å². The van der Waals surface area contributed by atoms with Crippen molar-refractivity contribution < 1.29 is 32.2 Å². The van der Waals surface area contributed by atoms with Crippen molar-refractivity contribution in [1.82, 2.24) is 0 Å². The van der Waals surface area contributed by atoms with Gasteiger partial charge in [-0.05, 0) is 18.2 Å². The van der Waals surface area contributed by atoms with Gasteiger partial charge >= 0.3 is 12.1 Å². The lowest BCUT2D eigenvalue weighted by Gasteiger charge is -2.14. The molecule has 1 aromatic rings. The molecule has 1 aromatic carbocycles. The third kappa shape index (κ3) is 4.15. The number of rotatable bonds is 5. The maximum atomic E-state index is 12.8. The molecule has 5 nitrogen and oxygen atoms in total. The number of carbonyl (C=O) groups is 2. The van der Waals surface area contributed by atoms with Crippen LogP contribution in [0, 0.1) is 0 Å². The summed E-state index contributed by atoms with van der Waals surface area (Å²) in [4.78, 5) is 21.7. The zero-order chi connectivity index (χ0) is 15.3. The van der Waals surface area contributed by atoms with E-state index in [9.17, 15) is 22.8 Å². The highest BCUT2D eigenvalue weighted by molar-refractivity contribution is 5.93. The summed E-state index contributed by atoms with van der Waals surface area (Å²) < 4.78 is 47.7. The van der Waals surface area contributed by atoms with Gasteiger partial charge in [-0.25, -0.2) is 0 Å². The Morgan fingerprint density at radius 3 is 2.45 bits per heavy atom. The molecule has 0 aromatic heterocycles. The van der Waals surface area contributed by atoms with Crippen LogP contribution >= 0.6 is 0 Å². The Balaban J connectivity index is 2.95. The van der Waals surface area contributed by atoms with Crippen molar-refractivity contribution in [3.63, 3.8) is 0 Å². The van der Waals surface area contributed by atoms with E-state index < -0.39 is 29.4 Å². The minimum absolute atomic E-state index is 0.189. The van der Waals surface area contributed by atoms with Gasteiger partial charge in [0.2, 0.25) is 5.91 Å². The van der Waals surface area contributed by atoms with Crippen molar-refractivity contribution in [3.05, 3.63) is 29.3 Å². The fourth-order valence-electron chi connectivity index (χ4n) is 1.38. The molecular weight excluding hydrogens is 279 g/mol. The molecule has 0 bridgehead atoms. The highest BCUT2D eigenvalue weighted by atomic mass is 19.4. The molecule has 1 rings (SSSR count). The van der Waals surface area contributed by atoms with Crippen LogP contribution in [0.3, 0.4) is 0 Å². The first-order valence-corrected chi connectivity index (χ1v) is 5.46. The first-order chi connectivity index (χ1) is 9.25. The molecule has 0 saturated carbocycles. The number of halogens is 3. The van der Waals surface area contributed by atoms with Crippen LogP contribution in [0.2, 0.25) is 0 Å². The van der Waals surface area contributed by atoms with Gasteiger partial charge in [0.1, 0.15) is 5.75 Å². The Morgan fingerprint density at radius 2 is 1.95 bits per heavy atom. The fraction of sp³-hybridized carbons (Fsp3) is 0.333. The standard InChI is InChI=1S/C12H12F3NO4/c1-19-10(17)4-5-20-9-3-2-7(11(16)18)6-8(9)12(13,14)15/h2-3,6H,4-5H2,1H3,(H2,16,18). The number of methoxy groups -OCH3 is 1. The number of ether oxygens (including phenoxy) is 2. The molecule has 0 atom stereocenters. The normalized spacial score (nSPS) is 11.0. The number of primary amides is 1. The Kier molecular flexibility index (Phi) is 4.95. The van der Waals surface area contributed by atoms with Crippen molar-refractivity contribution in [2.75, 3.05) is 13.7 Å². The average molecular weight is 291 g/mol. The lowest BCUT2D eigenvalue weighted by Crippen LogP contribution is -2.15. The van der Waals surface area contributed by atoms with Crippen LogP contribution in [-0.4, -0.2) is 25.6 Å². The molecule has 2 N–H and O–H groups in total. The summed E-state index contributed by atoms with van der Waals surface area (Å²) in [5.41, 5.74) is 3.52. The number of carbonyl (C=O) groups excluding carboxylic acids is 2. The molecule has 110 valence electrons. The molecule has 0 aliphatic carbocycles. The summed E-state index contributed by atoms with van der Waals surface area (Å²) in [5, 5.41) is 0.